The van der Waals surface area contributed by atoms with Crippen LogP contribution in [0.15, 0.2) is 6.07 Å². The van der Waals surface area contributed by atoms with E-state index in [0.717, 1.165) is 6.07 Å². The molecule has 0 aliphatic carbocycles. The summed E-state index contributed by atoms with van der Waals surface area (Å²) in [6.45, 7) is 2.61. The Bertz CT molecular complexity index is 392. The standard InChI is InChI=1S/C10H9ClF2O2/c1-4-3-6(11)9(13)7(8(4)12)5(2)10(14)15/h3,5H,1-2H3,(H,14,15). The SMILES string of the molecule is Cc1cc(Cl)c(F)c(C(C)C(=O)O)c1F. The highest BCUT2D eigenvalue weighted by molar-refractivity contribution is 6.30. The Labute approximate surface area is 90.5 Å². The van der Waals surface area contributed by atoms with Gasteiger partial charge in [-0.2, -0.15) is 0 Å². The second-order valence-electron chi connectivity index (χ2n) is 3.28. The maximum atomic E-state index is 13.5. The molecule has 0 radical (unpaired) electrons. The zero-order valence-electron chi connectivity index (χ0n) is 8.14. The minimum atomic E-state index is -1.30. The molecular weight excluding hydrogens is 226 g/mol. The van der Waals surface area contributed by atoms with Crippen LogP contribution in [0.3, 0.4) is 0 Å². The first-order valence-corrected chi connectivity index (χ1v) is 4.60. The maximum absolute atomic E-state index is 13.5. The Kier molecular flexibility index (Phi) is 3.29. The number of aryl methyl sites for hydroxylation is 1. The molecule has 0 amide bonds. The molecule has 0 spiro atoms. The number of carboxylic acid groups (broad SMARTS) is 1. The van der Waals surface area contributed by atoms with Gasteiger partial charge in [-0.25, -0.2) is 8.78 Å². The molecule has 15 heavy (non-hydrogen) atoms. The van der Waals surface area contributed by atoms with Crippen LogP contribution in [0.1, 0.15) is 24.0 Å². The fraction of sp³-hybridized carbons (Fsp3) is 0.300. The van der Waals surface area contributed by atoms with Crippen molar-refractivity contribution in [2.75, 3.05) is 0 Å². The molecule has 5 heteroatoms. The summed E-state index contributed by atoms with van der Waals surface area (Å²) in [5, 5.41) is 8.42. The fourth-order valence-electron chi connectivity index (χ4n) is 1.26. The lowest BCUT2D eigenvalue weighted by atomic mass is 9.98. The first-order valence-electron chi connectivity index (χ1n) is 4.23. The van der Waals surface area contributed by atoms with Crippen LogP contribution in [0.5, 0.6) is 0 Å². The van der Waals surface area contributed by atoms with Gasteiger partial charge < -0.3 is 5.11 Å². The van der Waals surface area contributed by atoms with E-state index in [1.165, 1.54) is 13.8 Å². The van der Waals surface area contributed by atoms with Crippen molar-refractivity contribution in [3.05, 3.63) is 33.9 Å². The third-order valence-electron chi connectivity index (χ3n) is 2.18. The van der Waals surface area contributed by atoms with Gasteiger partial charge in [-0.05, 0) is 25.5 Å². The van der Waals surface area contributed by atoms with Gasteiger partial charge in [0, 0.05) is 5.56 Å². The average Bonchev–Trinajstić information content (AvgIpc) is 2.15. The van der Waals surface area contributed by atoms with Crippen molar-refractivity contribution in [2.24, 2.45) is 0 Å². The normalized spacial score (nSPS) is 12.6. The lowest BCUT2D eigenvalue weighted by Gasteiger charge is -2.12. The van der Waals surface area contributed by atoms with Gasteiger partial charge in [-0.15, -0.1) is 0 Å². The quantitative estimate of drug-likeness (QED) is 0.799. The maximum Gasteiger partial charge on any atom is 0.310 e. The molecule has 1 rings (SSSR count). The van der Waals surface area contributed by atoms with E-state index in [0.29, 0.717) is 0 Å². The first-order chi connectivity index (χ1) is 6.86. The number of carboxylic acids is 1. The summed E-state index contributed by atoms with van der Waals surface area (Å²) in [6, 6.07) is 1.13. The van der Waals surface area contributed by atoms with Crippen molar-refractivity contribution < 1.29 is 18.7 Å². The highest BCUT2D eigenvalue weighted by atomic mass is 35.5. The molecule has 1 aromatic carbocycles. The van der Waals surface area contributed by atoms with Gasteiger partial charge >= 0.3 is 5.97 Å². The average molecular weight is 235 g/mol. The van der Waals surface area contributed by atoms with Gasteiger partial charge in [0.1, 0.15) is 11.6 Å². The van der Waals surface area contributed by atoms with Crippen molar-refractivity contribution in [1.29, 1.82) is 0 Å². The molecule has 1 atom stereocenters. The Morgan fingerprint density at radius 2 is 2.00 bits per heavy atom. The van der Waals surface area contributed by atoms with Crippen LogP contribution >= 0.6 is 11.6 Å². The summed E-state index contributed by atoms with van der Waals surface area (Å²) in [5.74, 6) is -4.42. The molecule has 1 unspecified atom stereocenters. The molecule has 0 bridgehead atoms. The van der Waals surface area contributed by atoms with E-state index in [-0.39, 0.29) is 10.6 Å². The molecular formula is C10H9ClF2O2. The summed E-state index contributed by atoms with van der Waals surface area (Å²) >= 11 is 5.51. The summed E-state index contributed by atoms with van der Waals surface area (Å²) in [5.41, 5.74) is -0.364. The molecule has 0 heterocycles. The Morgan fingerprint density at radius 1 is 1.47 bits per heavy atom. The Morgan fingerprint density at radius 3 is 2.47 bits per heavy atom. The van der Waals surface area contributed by atoms with Crippen LogP contribution in [-0.2, 0) is 4.79 Å². The number of benzene rings is 1. The lowest BCUT2D eigenvalue weighted by molar-refractivity contribution is -0.138. The highest BCUT2D eigenvalue weighted by Crippen LogP contribution is 2.29. The summed E-state index contributed by atoms with van der Waals surface area (Å²) in [6.07, 6.45) is 0. The number of rotatable bonds is 2. The zero-order chi connectivity index (χ0) is 11.7. The van der Waals surface area contributed by atoms with Gasteiger partial charge in [0.05, 0.1) is 10.9 Å². The van der Waals surface area contributed by atoms with E-state index < -0.39 is 29.1 Å². The fourth-order valence-corrected chi connectivity index (χ4v) is 1.52. The van der Waals surface area contributed by atoms with Crippen molar-refractivity contribution in [1.82, 2.24) is 0 Å². The number of hydrogen-bond donors (Lipinski definition) is 1. The molecule has 0 aliphatic rings. The smallest absolute Gasteiger partial charge is 0.310 e. The molecule has 0 saturated carbocycles. The topological polar surface area (TPSA) is 37.3 Å². The number of hydrogen-bond acceptors (Lipinski definition) is 1. The van der Waals surface area contributed by atoms with Crippen LogP contribution in [0, 0.1) is 18.6 Å². The molecule has 0 aromatic heterocycles. The molecule has 1 aromatic rings. The molecule has 0 fully saturated rings. The summed E-state index contributed by atoms with van der Waals surface area (Å²) < 4.78 is 26.9. The van der Waals surface area contributed by atoms with E-state index >= 15 is 0 Å². The van der Waals surface area contributed by atoms with Crippen LogP contribution in [0.25, 0.3) is 0 Å². The molecule has 1 N–H and O–H groups in total. The van der Waals surface area contributed by atoms with Crippen molar-refractivity contribution in [3.8, 4) is 0 Å². The van der Waals surface area contributed by atoms with Gasteiger partial charge in [-0.3, -0.25) is 4.79 Å². The minimum absolute atomic E-state index is 0.129. The Hall–Kier alpha value is -1.16. The Balaban J connectivity index is 3.45. The summed E-state index contributed by atoms with van der Waals surface area (Å²) in [4.78, 5) is 10.7. The molecule has 0 saturated heterocycles. The monoisotopic (exact) mass is 234 g/mol. The highest BCUT2D eigenvalue weighted by Gasteiger charge is 2.25. The largest absolute Gasteiger partial charge is 0.481 e. The number of carbonyl (C=O) groups is 1. The first kappa shape index (κ1) is 11.9. The third kappa shape index (κ3) is 2.09. The summed E-state index contributed by atoms with van der Waals surface area (Å²) in [7, 11) is 0. The van der Waals surface area contributed by atoms with Crippen LogP contribution in [-0.4, -0.2) is 11.1 Å². The number of halogens is 3. The van der Waals surface area contributed by atoms with Gasteiger partial charge in [0.2, 0.25) is 0 Å². The second-order valence-corrected chi connectivity index (χ2v) is 3.68. The minimum Gasteiger partial charge on any atom is -0.481 e. The molecule has 2 nitrogen and oxygen atoms in total. The van der Waals surface area contributed by atoms with Gasteiger partial charge in [0.15, 0.2) is 0 Å². The van der Waals surface area contributed by atoms with E-state index in [1.54, 1.807) is 0 Å². The predicted octanol–water partition coefficient (Wildman–Crippen LogP) is 3.11. The predicted molar refractivity (Wildman–Crippen MR) is 52.2 cm³/mol. The molecule has 0 aliphatic heterocycles. The van der Waals surface area contributed by atoms with Crippen molar-refractivity contribution in [2.45, 2.75) is 19.8 Å². The van der Waals surface area contributed by atoms with E-state index in [9.17, 15) is 13.6 Å². The lowest BCUT2D eigenvalue weighted by Crippen LogP contribution is -2.12. The van der Waals surface area contributed by atoms with Crippen molar-refractivity contribution in [3.63, 3.8) is 0 Å². The zero-order valence-corrected chi connectivity index (χ0v) is 8.90. The van der Waals surface area contributed by atoms with E-state index in [2.05, 4.69) is 0 Å². The third-order valence-corrected chi connectivity index (χ3v) is 2.45. The van der Waals surface area contributed by atoms with Crippen LogP contribution in [0.4, 0.5) is 8.78 Å². The van der Waals surface area contributed by atoms with E-state index in [1.807, 2.05) is 0 Å². The van der Waals surface area contributed by atoms with Crippen LogP contribution < -0.4 is 0 Å². The van der Waals surface area contributed by atoms with Gasteiger partial charge in [0.25, 0.3) is 0 Å². The van der Waals surface area contributed by atoms with Crippen LogP contribution in [0.2, 0.25) is 5.02 Å². The van der Waals surface area contributed by atoms with E-state index in [4.69, 9.17) is 16.7 Å². The molecule has 82 valence electrons. The van der Waals surface area contributed by atoms with Gasteiger partial charge in [-0.1, -0.05) is 11.6 Å². The van der Waals surface area contributed by atoms with Crippen molar-refractivity contribution >= 4 is 17.6 Å². The second kappa shape index (κ2) is 4.14. The number of aliphatic carboxylic acids is 1.